The third kappa shape index (κ3) is 4.81. The molecule has 1 fully saturated rings. The summed E-state index contributed by atoms with van der Waals surface area (Å²) in [4.78, 5) is 16.2. The number of benzene rings is 1. The van der Waals surface area contributed by atoms with Gasteiger partial charge >= 0.3 is 0 Å². The van der Waals surface area contributed by atoms with Gasteiger partial charge in [-0.2, -0.15) is 0 Å². The van der Waals surface area contributed by atoms with Gasteiger partial charge in [0.1, 0.15) is 6.10 Å². The maximum absolute atomic E-state index is 12.4. The number of carbonyl (C=O) groups is 1. The number of aromatic nitrogens is 2. The molecule has 0 radical (unpaired) electrons. The van der Waals surface area contributed by atoms with Crippen molar-refractivity contribution in [1.82, 2.24) is 15.1 Å². The Morgan fingerprint density at radius 2 is 2.00 bits per heavy atom. The zero-order chi connectivity index (χ0) is 18.4. The summed E-state index contributed by atoms with van der Waals surface area (Å²) in [5, 5.41) is 8.23. The molecule has 3 rings (SSSR count). The molecular weight excluding hydrogens is 328 g/mol. The lowest BCUT2D eigenvalue weighted by molar-refractivity contribution is -0.128. The molecule has 1 saturated heterocycles. The van der Waals surface area contributed by atoms with Gasteiger partial charge in [0.2, 0.25) is 11.8 Å². The Balaban J connectivity index is 1.56. The number of amides is 1. The van der Waals surface area contributed by atoms with E-state index in [1.165, 1.54) is 0 Å². The molecule has 2 heterocycles. The highest BCUT2D eigenvalue weighted by Gasteiger charge is 2.24. The van der Waals surface area contributed by atoms with Gasteiger partial charge in [-0.3, -0.25) is 4.79 Å². The Morgan fingerprint density at radius 3 is 2.69 bits per heavy atom. The second-order valence-corrected chi connectivity index (χ2v) is 6.53. The first kappa shape index (κ1) is 17.9. The largest absolute Gasteiger partial charge is 0.471 e. The molecular formula is C20H24N4O2. The van der Waals surface area contributed by atoms with Crippen molar-refractivity contribution in [1.29, 1.82) is 0 Å². The van der Waals surface area contributed by atoms with E-state index in [0.29, 0.717) is 12.4 Å². The number of ether oxygens (including phenoxy) is 1. The van der Waals surface area contributed by atoms with Crippen LogP contribution in [0.2, 0.25) is 0 Å². The van der Waals surface area contributed by atoms with E-state index in [4.69, 9.17) is 4.74 Å². The molecule has 1 amide bonds. The van der Waals surface area contributed by atoms with E-state index >= 15 is 0 Å². The molecule has 1 aliphatic heterocycles. The van der Waals surface area contributed by atoms with Gasteiger partial charge in [-0.1, -0.05) is 30.3 Å². The van der Waals surface area contributed by atoms with Crippen molar-refractivity contribution in [3.05, 3.63) is 54.1 Å². The lowest BCUT2D eigenvalue weighted by Gasteiger charge is -2.31. The quantitative estimate of drug-likeness (QED) is 0.774. The minimum Gasteiger partial charge on any atom is -0.471 e. The molecule has 1 unspecified atom stereocenters. The fourth-order valence-electron chi connectivity index (χ4n) is 2.86. The summed E-state index contributed by atoms with van der Waals surface area (Å²) < 4.78 is 5.92. The summed E-state index contributed by atoms with van der Waals surface area (Å²) in [7, 11) is 3.83. The van der Waals surface area contributed by atoms with Crippen LogP contribution < -0.4 is 9.64 Å². The Labute approximate surface area is 154 Å². The molecule has 0 N–H and O–H groups in total. The molecule has 1 atom stereocenters. The minimum absolute atomic E-state index is 0.0104. The van der Waals surface area contributed by atoms with Gasteiger partial charge in [-0.15, -0.1) is 10.2 Å². The Bertz CT molecular complexity index is 744. The average molecular weight is 352 g/mol. The molecule has 136 valence electrons. The van der Waals surface area contributed by atoms with E-state index in [2.05, 4.69) is 10.2 Å². The second kappa shape index (κ2) is 8.47. The number of piperidine rings is 1. The van der Waals surface area contributed by atoms with Gasteiger partial charge in [0.05, 0.1) is 6.54 Å². The van der Waals surface area contributed by atoms with Gasteiger partial charge in [-0.05, 0) is 30.5 Å². The first-order valence-electron chi connectivity index (χ1n) is 8.81. The summed E-state index contributed by atoms with van der Waals surface area (Å²) in [5.74, 6) is 1.29. The van der Waals surface area contributed by atoms with Crippen LogP contribution in [0.3, 0.4) is 0 Å². The van der Waals surface area contributed by atoms with Crippen molar-refractivity contribution >= 4 is 17.8 Å². The van der Waals surface area contributed by atoms with Gasteiger partial charge in [0.25, 0.3) is 0 Å². The number of likely N-dealkylation sites (tertiary alicyclic amines) is 1. The monoisotopic (exact) mass is 352 g/mol. The Morgan fingerprint density at radius 1 is 1.19 bits per heavy atom. The topological polar surface area (TPSA) is 58.6 Å². The first-order chi connectivity index (χ1) is 12.6. The smallest absolute Gasteiger partial charge is 0.246 e. The van der Waals surface area contributed by atoms with Crippen LogP contribution in [0.15, 0.2) is 48.5 Å². The fourth-order valence-corrected chi connectivity index (χ4v) is 2.86. The van der Waals surface area contributed by atoms with E-state index in [-0.39, 0.29) is 12.0 Å². The van der Waals surface area contributed by atoms with Crippen LogP contribution in [0.5, 0.6) is 5.88 Å². The van der Waals surface area contributed by atoms with Crippen molar-refractivity contribution in [3.63, 3.8) is 0 Å². The summed E-state index contributed by atoms with van der Waals surface area (Å²) >= 11 is 0. The lowest BCUT2D eigenvalue weighted by atomic mass is 10.1. The van der Waals surface area contributed by atoms with Crippen LogP contribution in [0.4, 0.5) is 5.82 Å². The summed E-state index contributed by atoms with van der Waals surface area (Å²) in [6, 6.07) is 13.5. The number of nitrogens with zero attached hydrogens (tertiary/aromatic N) is 4. The third-order valence-corrected chi connectivity index (χ3v) is 4.28. The average Bonchev–Trinajstić information content (AvgIpc) is 2.67. The molecule has 0 bridgehead atoms. The highest BCUT2D eigenvalue weighted by atomic mass is 16.5. The van der Waals surface area contributed by atoms with Gasteiger partial charge in [0.15, 0.2) is 5.82 Å². The van der Waals surface area contributed by atoms with Crippen LogP contribution in [-0.2, 0) is 4.79 Å². The van der Waals surface area contributed by atoms with E-state index < -0.39 is 0 Å². The van der Waals surface area contributed by atoms with Gasteiger partial charge < -0.3 is 14.5 Å². The summed E-state index contributed by atoms with van der Waals surface area (Å²) in [5.41, 5.74) is 1.02. The first-order valence-corrected chi connectivity index (χ1v) is 8.81. The van der Waals surface area contributed by atoms with Crippen molar-refractivity contribution in [2.75, 3.05) is 32.1 Å². The van der Waals surface area contributed by atoms with Gasteiger partial charge in [-0.25, -0.2) is 0 Å². The highest BCUT2D eigenvalue weighted by Crippen LogP contribution is 2.18. The van der Waals surface area contributed by atoms with Crippen LogP contribution >= 0.6 is 0 Å². The molecule has 1 aliphatic rings. The van der Waals surface area contributed by atoms with Crippen molar-refractivity contribution in [3.8, 4) is 5.88 Å². The van der Waals surface area contributed by atoms with E-state index in [0.717, 1.165) is 30.8 Å². The van der Waals surface area contributed by atoms with Crippen molar-refractivity contribution in [2.45, 2.75) is 18.9 Å². The molecule has 6 heteroatoms. The number of hydrogen-bond donors (Lipinski definition) is 0. The molecule has 0 saturated carbocycles. The summed E-state index contributed by atoms with van der Waals surface area (Å²) in [6.07, 6.45) is 5.24. The van der Waals surface area contributed by atoms with Crippen molar-refractivity contribution in [2.24, 2.45) is 0 Å². The number of carbonyl (C=O) groups excluding carboxylic acids is 1. The molecule has 2 aromatic rings. The SMILES string of the molecule is CN(C)c1ccc(OC2CCCN(C(=O)/C=C/c3ccccc3)C2)nn1. The second-order valence-electron chi connectivity index (χ2n) is 6.53. The van der Waals surface area contributed by atoms with Gasteiger partial charge in [0, 0.05) is 32.8 Å². The highest BCUT2D eigenvalue weighted by molar-refractivity contribution is 5.91. The van der Waals surface area contributed by atoms with E-state index in [1.54, 1.807) is 6.08 Å². The molecule has 0 aliphatic carbocycles. The van der Waals surface area contributed by atoms with Crippen LogP contribution in [0.1, 0.15) is 18.4 Å². The predicted octanol–water partition coefficient (Wildman–Crippen LogP) is 2.63. The standard InChI is InChI=1S/C20H24N4O2/c1-23(2)18-11-12-19(22-21-18)26-17-9-6-14-24(15-17)20(25)13-10-16-7-4-3-5-8-16/h3-5,7-8,10-13,17H,6,9,14-15H2,1-2H3/b13-10+. The minimum atomic E-state index is -0.0580. The Kier molecular flexibility index (Phi) is 5.84. The number of anilines is 1. The zero-order valence-electron chi connectivity index (χ0n) is 15.2. The van der Waals surface area contributed by atoms with Crippen LogP contribution in [0.25, 0.3) is 6.08 Å². The maximum Gasteiger partial charge on any atom is 0.246 e. The molecule has 6 nitrogen and oxygen atoms in total. The lowest BCUT2D eigenvalue weighted by Crippen LogP contribution is -2.43. The molecule has 1 aromatic carbocycles. The van der Waals surface area contributed by atoms with E-state index in [1.807, 2.05) is 72.4 Å². The van der Waals surface area contributed by atoms with Crippen LogP contribution in [-0.4, -0.2) is 54.3 Å². The maximum atomic E-state index is 12.4. The summed E-state index contributed by atoms with van der Waals surface area (Å²) in [6.45, 7) is 1.32. The van der Waals surface area contributed by atoms with E-state index in [9.17, 15) is 4.79 Å². The number of hydrogen-bond acceptors (Lipinski definition) is 5. The Hall–Kier alpha value is -2.89. The zero-order valence-corrected chi connectivity index (χ0v) is 15.2. The molecule has 26 heavy (non-hydrogen) atoms. The molecule has 0 spiro atoms. The normalized spacial score (nSPS) is 17.3. The van der Waals surface area contributed by atoms with Crippen LogP contribution in [0, 0.1) is 0 Å². The fraction of sp³-hybridized carbons (Fsp3) is 0.350. The van der Waals surface area contributed by atoms with Crippen molar-refractivity contribution < 1.29 is 9.53 Å². The number of rotatable bonds is 5. The third-order valence-electron chi connectivity index (χ3n) is 4.28. The predicted molar refractivity (Wildman–Crippen MR) is 102 cm³/mol. The molecule has 1 aromatic heterocycles.